The highest BCUT2D eigenvalue weighted by Crippen LogP contribution is 2.18. The lowest BCUT2D eigenvalue weighted by molar-refractivity contribution is -0.122. The van der Waals surface area contributed by atoms with Gasteiger partial charge in [0.15, 0.2) is 17.7 Å². The molecule has 128 valence electrons. The van der Waals surface area contributed by atoms with Crippen LogP contribution in [0.5, 0.6) is 5.75 Å². The van der Waals surface area contributed by atoms with Crippen molar-refractivity contribution in [1.29, 1.82) is 0 Å². The number of hydrogen-bond donors (Lipinski definition) is 1. The number of halogens is 1. The Hall–Kier alpha value is -3.15. The smallest absolute Gasteiger partial charge is 0.266 e. The van der Waals surface area contributed by atoms with Crippen LogP contribution in [0.4, 0.5) is 10.2 Å². The molecule has 3 aromatic rings. The normalized spacial score (nSPS) is 11.8. The zero-order valence-electron chi connectivity index (χ0n) is 13.7. The minimum atomic E-state index is -0.850. The summed E-state index contributed by atoms with van der Waals surface area (Å²) in [6, 6.07) is 17.5. The van der Waals surface area contributed by atoms with Crippen molar-refractivity contribution in [1.82, 2.24) is 9.78 Å². The van der Waals surface area contributed by atoms with Crippen molar-refractivity contribution >= 4 is 11.7 Å². The van der Waals surface area contributed by atoms with Gasteiger partial charge >= 0.3 is 0 Å². The highest BCUT2D eigenvalue weighted by Gasteiger charge is 2.18. The van der Waals surface area contributed by atoms with E-state index in [1.807, 2.05) is 30.3 Å². The number of carbonyl (C=O) groups excluding carboxylic acids is 1. The van der Waals surface area contributed by atoms with Gasteiger partial charge in [0.25, 0.3) is 5.91 Å². The highest BCUT2D eigenvalue weighted by atomic mass is 19.1. The van der Waals surface area contributed by atoms with E-state index in [0.29, 0.717) is 12.4 Å². The van der Waals surface area contributed by atoms with Gasteiger partial charge in [-0.25, -0.2) is 9.07 Å². The molecule has 1 heterocycles. The van der Waals surface area contributed by atoms with Gasteiger partial charge < -0.3 is 10.1 Å². The van der Waals surface area contributed by atoms with E-state index in [9.17, 15) is 9.18 Å². The number of benzene rings is 2. The van der Waals surface area contributed by atoms with Gasteiger partial charge in [-0.05, 0) is 24.6 Å². The van der Waals surface area contributed by atoms with E-state index in [-0.39, 0.29) is 11.7 Å². The van der Waals surface area contributed by atoms with Crippen LogP contribution in [0.15, 0.2) is 66.9 Å². The van der Waals surface area contributed by atoms with E-state index < -0.39 is 11.9 Å². The van der Waals surface area contributed by atoms with Crippen LogP contribution in [-0.4, -0.2) is 21.8 Å². The first-order chi connectivity index (χ1) is 12.1. The fourth-order valence-corrected chi connectivity index (χ4v) is 2.33. The number of aromatic nitrogens is 2. The molecule has 3 rings (SSSR count). The average molecular weight is 339 g/mol. The van der Waals surface area contributed by atoms with Gasteiger partial charge in [0.05, 0.1) is 12.7 Å². The molecule has 0 aliphatic rings. The number of nitrogens with one attached hydrogen (secondary N) is 1. The molecule has 0 unspecified atom stereocenters. The quantitative estimate of drug-likeness (QED) is 0.748. The first-order valence-corrected chi connectivity index (χ1v) is 7.91. The van der Waals surface area contributed by atoms with Crippen molar-refractivity contribution < 1.29 is 13.9 Å². The Morgan fingerprint density at radius 3 is 2.64 bits per heavy atom. The van der Waals surface area contributed by atoms with Crippen molar-refractivity contribution in [2.75, 3.05) is 5.32 Å². The number of carbonyl (C=O) groups is 1. The first kappa shape index (κ1) is 16.7. The molecule has 1 amide bonds. The summed E-state index contributed by atoms with van der Waals surface area (Å²) in [5.74, 6) is -0.282. The number of hydrogen-bond acceptors (Lipinski definition) is 3. The summed E-state index contributed by atoms with van der Waals surface area (Å²) in [6.07, 6.45) is 0.762. The van der Waals surface area contributed by atoms with E-state index >= 15 is 0 Å². The second-order valence-corrected chi connectivity index (χ2v) is 5.54. The largest absolute Gasteiger partial charge is 0.478 e. The van der Waals surface area contributed by atoms with Crippen LogP contribution >= 0.6 is 0 Å². The molecule has 25 heavy (non-hydrogen) atoms. The monoisotopic (exact) mass is 339 g/mol. The van der Waals surface area contributed by atoms with Gasteiger partial charge in [0.2, 0.25) is 0 Å². The summed E-state index contributed by atoms with van der Waals surface area (Å²) >= 11 is 0. The number of nitrogens with zero attached hydrogens (tertiary/aromatic N) is 2. The molecule has 0 fully saturated rings. The lowest BCUT2D eigenvalue weighted by atomic mass is 10.2. The van der Waals surface area contributed by atoms with Crippen molar-refractivity contribution in [3.63, 3.8) is 0 Å². The molecule has 6 heteroatoms. The van der Waals surface area contributed by atoms with Gasteiger partial charge in [0.1, 0.15) is 5.82 Å². The van der Waals surface area contributed by atoms with Crippen LogP contribution < -0.4 is 10.1 Å². The third-order valence-electron chi connectivity index (χ3n) is 3.65. The predicted molar refractivity (Wildman–Crippen MR) is 92.9 cm³/mol. The topological polar surface area (TPSA) is 56.1 Å². The molecule has 0 radical (unpaired) electrons. The van der Waals surface area contributed by atoms with Crippen LogP contribution in [0.3, 0.4) is 0 Å². The summed E-state index contributed by atoms with van der Waals surface area (Å²) in [5, 5.41) is 6.99. The Morgan fingerprint density at radius 1 is 1.16 bits per heavy atom. The molecule has 0 spiro atoms. The van der Waals surface area contributed by atoms with Gasteiger partial charge in [-0.3, -0.25) is 4.79 Å². The van der Waals surface area contributed by atoms with Crippen LogP contribution in [0.25, 0.3) is 0 Å². The summed E-state index contributed by atoms with van der Waals surface area (Å²) in [4.78, 5) is 12.3. The fourth-order valence-electron chi connectivity index (χ4n) is 2.33. The predicted octanol–water partition coefficient (Wildman–Crippen LogP) is 3.48. The summed E-state index contributed by atoms with van der Waals surface area (Å²) in [6.45, 7) is 2.10. The maximum absolute atomic E-state index is 13.6. The van der Waals surface area contributed by atoms with Crippen LogP contribution in [-0.2, 0) is 11.3 Å². The van der Waals surface area contributed by atoms with Crippen molar-refractivity contribution in [2.45, 2.75) is 19.6 Å². The lowest BCUT2D eigenvalue weighted by Crippen LogP contribution is -2.31. The summed E-state index contributed by atoms with van der Waals surface area (Å²) in [5.41, 5.74) is 1.07. The molecular weight excluding hydrogens is 321 g/mol. The molecule has 0 aliphatic heterocycles. The van der Waals surface area contributed by atoms with Crippen molar-refractivity contribution in [2.24, 2.45) is 0 Å². The minimum absolute atomic E-state index is 0.0444. The Morgan fingerprint density at radius 2 is 1.88 bits per heavy atom. The Balaban J connectivity index is 1.65. The average Bonchev–Trinajstić information content (AvgIpc) is 3.04. The fraction of sp³-hybridized carbons (Fsp3) is 0.158. The second-order valence-electron chi connectivity index (χ2n) is 5.54. The van der Waals surface area contributed by atoms with Crippen molar-refractivity contribution in [3.05, 3.63) is 78.2 Å². The zero-order chi connectivity index (χ0) is 17.6. The van der Waals surface area contributed by atoms with E-state index in [2.05, 4.69) is 10.4 Å². The Bertz CT molecular complexity index is 849. The Labute approximate surface area is 145 Å². The number of ether oxygens (including phenoxy) is 1. The SMILES string of the molecule is C[C@H](Oc1ccccc1F)C(=O)Nc1ccnn1Cc1ccccc1. The van der Waals surface area contributed by atoms with E-state index in [0.717, 1.165) is 5.56 Å². The molecule has 0 bridgehead atoms. The molecule has 1 N–H and O–H groups in total. The third-order valence-corrected chi connectivity index (χ3v) is 3.65. The molecule has 2 aromatic carbocycles. The highest BCUT2D eigenvalue weighted by molar-refractivity contribution is 5.93. The number of para-hydroxylation sites is 1. The van der Waals surface area contributed by atoms with Gasteiger partial charge in [-0.15, -0.1) is 0 Å². The molecule has 1 aromatic heterocycles. The molecular formula is C19H18FN3O2. The van der Waals surface area contributed by atoms with Crippen LogP contribution in [0, 0.1) is 5.82 Å². The zero-order valence-corrected chi connectivity index (χ0v) is 13.7. The molecule has 0 aliphatic carbocycles. The maximum Gasteiger partial charge on any atom is 0.266 e. The first-order valence-electron chi connectivity index (χ1n) is 7.91. The lowest BCUT2D eigenvalue weighted by Gasteiger charge is -2.15. The number of rotatable bonds is 6. The molecule has 5 nitrogen and oxygen atoms in total. The minimum Gasteiger partial charge on any atom is -0.478 e. The Kier molecular flexibility index (Phi) is 5.09. The number of amides is 1. The van der Waals surface area contributed by atoms with Crippen LogP contribution in [0.2, 0.25) is 0 Å². The van der Waals surface area contributed by atoms with Crippen LogP contribution in [0.1, 0.15) is 12.5 Å². The third kappa shape index (κ3) is 4.23. The van der Waals surface area contributed by atoms with Gasteiger partial charge in [0, 0.05) is 6.07 Å². The van der Waals surface area contributed by atoms with E-state index in [1.165, 1.54) is 12.1 Å². The van der Waals surface area contributed by atoms with Gasteiger partial charge in [-0.2, -0.15) is 5.10 Å². The standard InChI is InChI=1S/C19H18FN3O2/c1-14(25-17-10-6-5-9-16(17)20)19(24)22-18-11-12-21-23(18)13-15-7-3-2-4-8-15/h2-12,14H,13H2,1H3,(H,22,24)/t14-/m0/s1. The molecule has 0 saturated carbocycles. The maximum atomic E-state index is 13.6. The van der Waals surface area contributed by atoms with Gasteiger partial charge in [-0.1, -0.05) is 42.5 Å². The van der Waals surface area contributed by atoms with E-state index in [1.54, 1.807) is 36.0 Å². The van der Waals surface area contributed by atoms with Crippen molar-refractivity contribution in [3.8, 4) is 5.75 Å². The second kappa shape index (κ2) is 7.61. The molecule has 1 atom stereocenters. The molecule has 0 saturated heterocycles. The van der Waals surface area contributed by atoms with E-state index in [4.69, 9.17) is 4.74 Å². The summed E-state index contributed by atoms with van der Waals surface area (Å²) < 4.78 is 20.7. The summed E-state index contributed by atoms with van der Waals surface area (Å²) in [7, 11) is 0. The number of anilines is 1.